The van der Waals surface area contributed by atoms with Crippen molar-refractivity contribution < 1.29 is 13.2 Å². The van der Waals surface area contributed by atoms with Gasteiger partial charge in [0.15, 0.2) is 0 Å². The zero-order valence-corrected chi connectivity index (χ0v) is 10.8. The summed E-state index contributed by atoms with van der Waals surface area (Å²) in [5.74, 6) is 0. The Balaban J connectivity index is 2.86. The maximum absolute atomic E-state index is 12.3. The lowest BCUT2D eigenvalue weighted by Gasteiger charge is -2.20. The molecule has 18 heavy (non-hydrogen) atoms. The number of rotatable bonds is 5. The van der Waals surface area contributed by atoms with Crippen molar-refractivity contribution in [3.63, 3.8) is 0 Å². The molecule has 0 amide bonds. The van der Waals surface area contributed by atoms with Crippen molar-refractivity contribution in [2.24, 2.45) is 0 Å². The third-order valence-electron chi connectivity index (χ3n) is 2.68. The summed E-state index contributed by atoms with van der Waals surface area (Å²) in [6, 6.07) is 1.47. The third-order valence-corrected chi connectivity index (χ3v) is 2.68. The summed E-state index contributed by atoms with van der Waals surface area (Å²) < 4.78 is 36.9. The highest BCUT2D eigenvalue weighted by Crippen LogP contribution is 2.28. The van der Waals surface area contributed by atoms with Gasteiger partial charge >= 0.3 is 6.18 Å². The Morgan fingerprint density at radius 3 is 2.50 bits per heavy atom. The summed E-state index contributed by atoms with van der Waals surface area (Å²) in [4.78, 5) is 0. The molecule has 6 heteroatoms. The molecule has 0 saturated heterocycles. The van der Waals surface area contributed by atoms with Gasteiger partial charge in [0.05, 0.1) is 11.4 Å². The Bertz CT molecular complexity index is 391. The van der Waals surface area contributed by atoms with Crippen LogP contribution in [0.5, 0.6) is 0 Å². The van der Waals surface area contributed by atoms with E-state index in [1.807, 2.05) is 6.92 Å². The lowest BCUT2D eigenvalue weighted by molar-refractivity contribution is -0.136. The summed E-state index contributed by atoms with van der Waals surface area (Å²) in [6.07, 6.45) is -4.91. The first-order valence-electron chi connectivity index (χ1n) is 5.94. The molecule has 0 aliphatic carbocycles. The second-order valence-electron chi connectivity index (χ2n) is 4.29. The highest BCUT2D eigenvalue weighted by Gasteiger charge is 2.29. The van der Waals surface area contributed by atoms with Gasteiger partial charge in [-0.15, -0.1) is 0 Å². The second kappa shape index (κ2) is 6.13. The fourth-order valence-corrected chi connectivity index (χ4v) is 1.84. The lowest BCUT2D eigenvalue weighted by Crippen LogP contribution is -2.24. The Morgan fingerprint density at radius 2 is 1.94 bits per heavy atom. The molecule has 0 fully saturated rings. The maximum atomic E-state index is 12.3. The molecule has 3 nitrogen and oxygen atoms in total. The predicted octanol–water partition coefficient (Wildman–Crippen LogP) is 3.09. The topological polar surface area (TPSA) is 37.8 Å². The zero-order valence-electron chi connectivity index (χ0n) is 10.8. The minimum atomic E-state index is -4.13. The van der Waals surface area contributed by atoms with Crippen LogP contribution in [-0.4, -0.2) is 22.9 Å². The summed E-state index contributed by atoms with van der Waals surface area (Å²) in [5.41, 5.74) is 2.19. The zero-order chi connectivity index (χ0) is 13.8. The fourth-order valence-electron chi connectivity index (χ4n) is 1.84. The van der Waals surface area contributed by atoms with Gasteiger partial charge in [0.1, 0.15) is 0 Å². The molecule has 1 heterocycles. The van der Waals surface area contributed by atoms with Gasteiger partial charge < -0.3 is 5.32 Å². The van der Waals surface area contributed by atoms with E-state index in [0.717, 1.165) is 5.56 Å². The number of aromatic nitrogens is 2. The first-order valence-corrected chi connectivity index (χ1v) is 5.94. The fraction of sp³-hybridized carbons (Fsp3) is 0.667. The standard InChI is InChI=1S/C12H18F3N3/c1-4-16-11(5-6-12(13,14)15)10-7-8(2)17-18-9(10)3/h7,11,16H,4-6H2,1-3H3. The van der Waals surface area contributed by atoms with Gasteiger partial charge in [-0.05, 0) is 38.4 Å². The van der Waals surface area contributed by atoms with Gasteiger partial charge in [-0.25, -0.2) is 0 Å². The van der Waals surface area contributed by atoms with Crippen molar-refractivity contribution in [3.8, 4) is 0 Å². The minimum Gasteiger partial charge on any atom is -0.310 e. The molecule has 0 bridgehead atoms. The number of halogens is 3. The van der Waals surface area contributed by atoms with Gasteiger partial charge in [-0.3, -0.25) is 0 Å². The van der Waals surface area contributed by atoms with E-state index in [2.05, 4.69) is 15.5 Å². The number of hydrogen-bond acceptors (Lipinski definition) is 3. The molecule has 0 aliphatic heterocycles. The van der Waals surface area contributed by atoms with Crippen LogP contribution in [-0.2, 0) is 0 Å². The van der Waals surface area contributed by atoms with Crippen LogP contribution in [0, 0.1) is 13.8 Å². The molecule has 0 radical (unpaired) electrons. The van der Waals surface area contributed by atoms with Gasteiger partial charge in [0.2, 0.25) is 0 Å². The Labute approximate surface area is 105 Å². The summed E-state index contributed by atoms with van der Waals surface area (Å²) in [6.45, 7) is 6.03. The van der Waals surface area contributed by atoms with E-state index in [0.29, 0.717) is 17.9 Å². The number of aryl methyl sites for hydroxylation is 2. The molecule has 1 rings (SSSR count). The van der Waals surface area contributed by atoms with Crippen LogP contribution in [0.25, 0.3) is 0 Å². The molecule has 1 aromatic rings. The molecule has 1 N–H and O–H groups in total. The number of hydrogen-bond donors (Lipinski definition) is 1. The first-order chi connectivity index (χ1) is 8.33. The molecule has 0 aromatic carbocycles. The molecule has 1 atom stereocenters. The quantitative estimate of drug-likeness (QED) is 0.885. The summed E-state index contributed by atoms with van der Waals surface area (Å²) in [5, 5.41) is 10.9. The molecule has 0 aliphatic rings. The monoisotopic (exact) mass is 261 g/mol. The van der Waals surface area contributed by atoms with Crippen molar-refractivity contribution in [3.05, 3.63) is 23.0 Å². The number of nitrogens with one attached hydrogen (secondary N) is 1. The van der Waals surface area contributed by atoms with E-state index in [4.69, 9.17) is 0 Å². The van der Waals surface area contributed by atoms with E-state index < -0.39 is 12.6 Å². The molecule has 1 aromatic heterocycles. The van der Waals surface area contributed by atoms with Crippen LogP contribution in [0.2, 0.25) is 0 Å². The smallest absolute Gasteiger partial charge is 0.310 e. The van der Waals surface area contributed by atoms with Crippen molar-refractivity contribution in [2.45, 2.75) is 45.8 Å². The number of nitrogens with zero attached hydrogens (tertiary/aromatic N) is 2. The summed E-state index contributed by atoms with van der Waals surface area (Å²) in [7, 11) is 0. The van der Waals surface area contributed by atoms with Crippen LogP contribution in [0.15, 0.2) is 6.07 Å². The van der Waals surface area contributed by atoms with Crippen molar-refractivity contribution in [1.82, 2.24) is 15.5 Å². The van der Waals surface area contributed by atoms with E-state index in [9.17, 15) is 13.2 Å². The third kappa shape index (κ3) is 4.60. The van der Waals surface area contributed by atoms with E-state index in [1.165, 1.54) is 0 Å². The highest BCUT2D eigenvalue weighted by molar-refractivity contribution is 5.23. The van der Waals surface area contributed by atoms with Crippen LogP contribution in [0.1, 0.15) is 42.8 Å². The highest BCUT2D eigenvalue weighted by atomic mass is 19.4. The van der Waals surface area contributed by atoms with Crippen molar-refractivity contribution in [2.75, 3.05) is 6.54 Å². The number of alkyl halides is 3. The Morgan fingerprint density at radius 1 is 1.28 bits per heavy atom. The molecular formula is C12H18F3N3. The van der Waals surface area contributed by atoms with Crippen LogP contribution >= 0.6 is 0 Å². The normalized spacial score (nSPS) is 13.7. The Kier molecular flexibility index (Phi) is 5.07. The lowest BCUT2D eigenvalue weighted by atomic mass is 10.0. The maximum Gasteiger partial charge on any atom is 0.389 e. The van der Waals surface area contributed by atoms with Crippen LogP contribution < -0.4 is 5.32 Å². The summed E-state index contributed by atoms with van der Waals surface area (Å²) >= 11 is 0. The van der Waals surface area contributed by atoms with Crippen LogP contribution in [0.4, 0.5) is 13.2 Å². The van der Waals surface area contributed by atoms with Gasteiger partial charge in [-0.2, -0.15) is 23.4 Å². The van der Waals surface area contributed by atoms with E-state index in [-0.39, 0.29) is 12.5 Å². The molecule has 0 spiro atoms. The SMILES string of the molecule is CCNC(CCC(F)(F)F)c1cc(C)nnc1C. The minimum absolute atomic E-state index is 0.0172. The first kappa shape index (κ1) is 14.9. The largest absolute Gasteiger partial charge is 0.389 e. The second-order valence-corrected chi connectivity index (χ2v) is 4.29. The van der Waals surface area contributed by atoms with Gasteiger partial charge in [-0.1, -0.05) is 6.92 Å². The average Bonchev–Trinajstić information content (AvgIpc) is 2.26. The Hall–Kier alpha value is -1.17. The van der Waals surface area contributed by atoms with Gasteiger partial charge in [0.25, 0.3) is 0 Å². The van der Waals surface area contributed by atoms with E-state index >= 15 is 0 Å². The van der Waals surface area contributed by atoms with Crippen molar-refractivity contribution in [1.29, 1.82) is 0 Å². The van der Waals surface area contributed by atoms with Crippen LogP contribution in [0.3, 0.4) is 0 Å². The molecule has 0 saturated carbocycles. The average molecular weight is 261 g/mol. The molecule has 102 valence electrons. The van der Waals surface area contributed by atoms with Gasteiger partial charge in [0, 0.05) is 12.5 Å². The van der Waals surface area contributed by atoms with E-state index in [1.54, 1.807) is 19.9 Å². The molecule has 1 unspecified atom stereocenters. The molecular weight excluding hydrogens is 243 g/mol. The predicted molar refractivity (Wildman–Crippen MR) is 63.2 cm³/mol. The van der Waals surface area contributed by atoms with Crippen molar-refractivity contribution >= 4 is 0 Å².